The molecule has 0 aliphatic heterocycles. The predicted molar refractivity (Wildman–Crippen MR) is 80.0 cm³/mol. The molecule has 0 radical (unpaired) electrons. The second-order valence-electron chi connectivity index (χ2n) is 5.93. The summed E-state index contributed by atoms with van der Waals surface area (Å²) in [6, 6.07) is 7.88. The summed E-state index contributed by atoms with van der Waals surface area (Å²) >= 11 is 0. The smallest absolute Gasteiger partial charge is 0.224 e. The van der Waals surface area contributed by atoms with E-state index < -0.39 is 0 Å². The summed E-state index contributed by atoms with van der Waals surface area (Å²) in [7, 11) is 4.02. The molecule has 19 heavy (non-hydrogen) atoms. The van der Waals surface area contributed by atoms with E-state index in [1.807, 2.05) is 52.2 Å². The molecule has 1 aromatic carbocycles. The Morgan fingerprint density at radius 3 is 2.53 bits per heavy atom. The molecule has 0 aliphatic carbocycles. The molecule has 0 saturated carbocycles. The van der Waals surface area contributed by atoms with Crippen molar-refractivity contribution in [1.82, 2.24) is 4.90 Å². The van der Waals surface area contributed by atoms with Gasteiger partial charge in [-0.15, -0.1) is 0 Å². The van der Waals surface area contributed by atoms with Crippen LogP contribution in [-0.2, 0) is 11.3 Å². The molecular formula is C15H25N3O. The van der Waals surface area contributed by atoms with Crippen molar-refractivity contribution in [3.8, 4) is 0 Å². The second-order valence-corrected chi connectivity index (χ2v) is 5.93. The lowest BCUT2D eigenvalue weighted by molar-refractivity contribution is -0.116. The van der Waals surface area contributed by atoms with Gasteiger partial charge in [-0.1, -0.05) is 18.2 Å². The molecule has 0 fully saturated rings. The lowest BCUT2D eigenvalue weighted by Crippen LogP contribution is -2.33. The average Bonchev–Trinajstić information content (AvgIpc) is 2.27. The van der Waals surface area contributed by atoms with Crippen molar-refractivity contribution in [2.24, 2.45) is 5.73 Å². The van der Waals surface area contributed by atoms with Crippen molar-refractivity contribution in [3.05, 3.63) is 29.8 Å². The number of benzene rings is 1. The quantitative estimate of drug-likeness (QED) is 0.827. The van der Waals surface area contributed by atoms with Crippen molar-refractivity contribution in [3.63, 3.8) is 0 Å². The fourth-order valence-corrected chi connectivity index (χ4v) is 1.77. The van der Waals surface area contributed by atoms with Gasteiger partial charge in [-0.05, 0) is 46.0 Å². The fraction of sp³-hybridized carbons (Fsp3) is 0.533. The van der Waals surface area contributed by atoms with E-state index in [4.69, 9.17) is 5.73 Å². The first-order valence-corrected chi connectivity index (χ1v) is 6.59. The standard InChI is InChI=1S/C15H25N3O/c1-15(2,16)10-9-14(19)17-13-8-6-5-7-12(13)11-18(3)4/h5-8H,9-11,16H2,1-4H3,(H,17,19). The van der Waals surface area contributed by atoms with Gasteiger partial charge in [0.05, 0.1) is 0 Å². The van der Waals surface area contributed by atoms with Gasteiger partial charge in [0.1, 0.15) is 0 Å². The minimum absolute atomic E-state index is 0.0183. The number of carbonyl (C=O) groups excluding carboxylic acids is 1. The largest absolute Gasteiger partial charge is 0.326 e. The van der Waals surface area contributed by atoms with Crippen LogP contribution in [0.15, 0.2) is 24.3 Å². The number of amides is 1. The van der Waals surface area contributed by atoms with E-state index in [2.05, 4.69) is 10.2 Å². The Hall–Kier alpha value is -1.39. The van der Waals surface area contributed by atoms with Crippen LogP contribution in [0.5, 0.6) is 0 Å². The van der Waals surface area contributed by atoms with Crippen LogP contribution in [0, 0.1) is 0 Å². The highest BCUT2D eigenvalue weighted by atomic mass is 16.1. The molecule has 0 atom stereocenters. The first-order valence-electron chi connectivity index (χ1n) is 6.59. The molecule has 1 aromatic rings. The van der Waals surface area contributed by atoms with Crippen molar-refractivity contribution in [2.45, 2.75) is 38.8 Å². The van der Waals surface area contributed by atoms with Crippen molar-refractivity contribution >= 4 is 11.6 Å². The van der Waals surface area contributed by atoms with Gasteiger partial charge in [-0.25, -0.2) is 0 Å². The number of rotatable bonds is 6. The van der Waals surface area contributed by atoms with Gasteiger partial charge >= 0.3 is 0 Å². The van der Waals surface area contributed by atoms with Gasteiger partial charge in [0.15, 0.2) is 0 Å². The third kappa shape index (κ3) is 6.36. The summed E-state index contributed by atoms with van der Waals surface area (Å²) in [5.41, 5.74) is 7.58. The van der Waals surface area contributed by atoms with E-state index in [1.165, 1.54) is 0 Å². The van der Waals surface area contributed by atoms with E-state index in [0.717, 1.165) is 17.8 Å². The van der Waals surface area contributed by atoms with E-state index >= 15 is 0 Å². The van der Waals surface area contributed by atoms with Crippen molar-refractivity contribution in [2.75, 3.05) is 19.4 Å². The average molecular weight is 263 g/mol. The third-order valence-corrected chi connectivity index (χ3v) is 2.77. The maximum Gasteiger partial charge on any atom is 0.224 e. The molecule has 0 aliphatic rings. The summed E-state index contributed by atoms with van der Waals surface area (Å²) < 4.78 is 0. The number of nitrogens with zero attached hydrogens (tertiary/aromatic N) is 1. The van der Waals surface area contributed by atoms with Crippen LogP contribution in [0.2, 0.25) is 0 Å². The lowest BCUT2D eigenvalue weighted by atomic mass is 10.00. The highest BCUT2D eigenvalue weighted by Gasteiger charge is 2.14. The Morgan fingerprint density at radius 1 is 1.32 bits per heavy atom. The van der Waals surface area contributed by atoms with Crippen LogP contribution in [0.3, 0.4) is 0 Å². The van der Waals surface area contributed by atoms with Crippen molar-refractivity contribution < 1.29 is 4.79 Å². The summed E-state index contributed by atoms with van der Waals surface area (Å²) in [5.74, 6) is 0.0183. The van der Waals surface area contributed by atoms with Crippen LogP contribution >= 0.6 is 0 Å². The highest BCUT2D eigenvalue weighted by molar-refractivity contribution is 5.91. The number of nitrogens with two attached hydrogens (primary N) is 1. The van der Waals surface area contributed by atoms with Gasteiger partial charge in [0.2, 0.25) is 5.91 Å². The first kappa shape index (κ1) is 15.7. The number of nitrogens with one attached hydrogen (secondary N) is 1. The molecule has 3 N–H and O–H groups in total. The molecule has 0 spiro atoms. The maximum atomic E-state index is 11.9. The summed E-state index contributed by atoms with van der Waals surface area (Å²) in [6.07, 6.45) is 1.12. The molecule has 106 valence electrons. The van der Waals surface area contributed by atoms with Crippen LogP contribution in [0.25, 0.3) is 0 Å². The molecule has 0 bridgehead atoms. The Bertz CT molecular complexity index is 422. The Morgan fingerprint density at radius 2 is 1.95 bits per heavy atom. The molecular weight excluding hydrogens is 238 g/mol. The maximum absolute atomic E-state index is 11.9. The zero-order valence-corrected chi connectivity index (χ0v) is 12.4. The van der Waals surface area contributed by atoms with Crippen LogP contribution in [0.1, 0.15) is 32.3 Å². The molecule has 4 heteroatoms. The van der Waals surface area contributed by atoms with Gasteiger partial charge in [-0.3, -0.25) is 4.79 Å². The van der Waals surface area contributed by atoms with Gasteiger partial charge in [0.25, 0.3) is 0 Å². The molecule has 0 heterocycles. The number of para-hydroxylation sites is 1. The van der Waals surface area contributed by atoms with Crippen molar-refractivity contribution in [1.29, 1.82) is 0 Å². The highest BCUT2D eigenvalue weighted by Crippen LogP contribution is 2.17. The van der Waals surface area contributed by atoms with E-state index in [1.54, 1.807) is 0 Å². The molecule has 0 aromatic heterocycles. The second kappa shape index (κ2) is 6.68. The van der Waals surface area contributed by atoms with Gasteiger partial charge < -0.3 is 16.0 Å². The third-order valence-electron chi connectivity index (χ3n) is 2.77. The molecule has 4 nitrogen and oxygen atoms in total. The number of hydrogen-bond acceptors (Lipinski definition) is 3. The SMILES string of the molecule is CN(C)Cc1ccccc1NC(=O)CCC(C)(C)N. The minimum Gasteiger partial charge on any atom is -0.326 e. The molecule has 0 saturated heterocycles. The fourth-order valence-electron chi connectivity index (χ4n) is 1.77. The minimum atomic E-state index is -0.305. The first-order chi connectivity index (χ1) is 8.78. The predicted octanol–water partition coefficient (Wildman–Crippen LogP) is 2.20. The Kier molecular flexibility index (Phi) is 5.51. The normalized spacial score (nSPS) is 11.7. The van der Waals surface area contributed by atoms with E-state index in [0.29, 0.717) is 12.8 Å². The van der Waals surface area contributed by atoms with Gasteiger partial charge in [0, 0.05) is 24.2 Å². The van der Waals surface area contributed by atoms with E-state index in [9.17, 15) is 4.79 Å². The summed E-state index contributed by atoms with van der Waals surface area (Å²) in [4.78, 5) is 14.0. The monoisotopic (exact) mass is 263 g/mol. The number of anilines is 1. The number of hydrogen-bond donors (Lipinski definition) is 2. The summed E-state index contributed by atoms with van der Waals surface area (Å²) in [6.45, 7) is 4.67. The van der Waals surface area contributed by atoms with Crippen LogP contribution in [0.4, 0.5) is 5.69 Å². The zero-order valence-electron chi connectivity index (χ0n) is 12.4. The lowest BCUT2D eigenvalue weighted by Gasteiger charge is -2.18. The Labute approximate surface area is 116 Å². The molecule has 1 amide bonds. The van der Waals surface area contributed by atoms with Crippen LogP contribution < -0.4 is 11.1 Å². The number of carbonyl (C=O) groups is 1. The van der Waals surface area contributed by atoms with Gasteiger partial charge in [-0.2, -0.15) is 0 Å². The molecule has 1 rings (SSSR count). The van der Waals surface area contributed by atoms with E-state index in [-0.39, 0.29) is 11.4 Å². The Balaban J connectivity index is 2.63. The summed E-state index contributed by atoms with van der Waals surface area (Å²) in [5, 5.41) is 2.97. The van der Waals surface area contributed by atoms with Crippen LogP contribution in [-0.4, -0.2) is 30.4 Å². The zero-order chi connectivity index (χ0) is 14.5. The topological polar surface area (TPSA) is 58.4 Å². The molecule has 0 unspecified atom stereocenters.